The number of H-pyrrole nitrogens is 1. The molecule has 1 aromatic heterocycles. The lowest BCUT2D eigenvalue weighted by Gasteiger charge is -2.03. The summed E-state index contributed by atoms with van der Waals surface area (Å²) in [5, 5.41) is 1.36. The molecule has 0 unspecified atom stereocenters. The highest BCUT2D eigenvalue weighted by atomic mass is 79.9. The van der Waals surface area contributed by atoms with Gasteiger partial charge < -0.3 is 4.98 Å². The van der Waals surface area contributed by atoms with Gasteiger partial charge in [-0.1, -0.05) is 40.2 Å². The molecule has 1 N–H and O–H groups in total. The fourth-order valence-corrected chi connectivity index (χ4v) is 2.68. The number of aromatic nitrogens is 1. The van der Waals surface area contributed by atoms with Crippen molar-refractivity contribution in [1.29, 1.82) is 0 Å². The van der Waals surface area contributed by atoms with Crippen molar-refractivity contribution in [3.05, 3.63) is 69.8 Å². The zero-order chi connectivity index (χ0) is 12.5. The molecule has 18 heavy (non-hydrogen) atoms. The molecule has 2 heteroatoms. The summed E-state index contributed by atoms with van der Waals surface area (Å²) in [5.74, 6) is 0. The average molecular weight is 300 g/mol. The molecule has 1 heterocycles. The van der Waals surface area contributed by atoms with Gasteiger partial charge in [-0.05, 0) is 48.2 Å². The predicted octanol–water partition coefficient (Wildman–Crippen LogP) is 4.83. The molecular weight excluding hydrogens is 286 g/mol. The van der Waals surface area contributed by atoms with Crippen LogP contribution < -0.4 is 0 Å². The Morgan fingerprint density at radius 1 is 1.06 bits per heavy atom. The Morgan fingerprint density at radius 3 is 2.61 bits per heavy atom. The van der Waals surface area contributed by atoms with Gasteiger partial charge in [0.25, 0.3) is 0 Å². The van der Waals surface area contributed by atoms with Crippen LogP contribution in [0.4, 0.5) is 0 Å². The number of hydrogen-bond donors (Lipinski definition) is 1. The van der Waals surface area contributed by atoms with Crippen molar-refractivity contribution < 1.29 is 0 Å². The van der Waals surface area contributed by atoms with Crippen LogP contribution in [0.5, 0.6) is 0 Å². The Balaban J connectivity index is 2.02. The molecule has 0 amide bonds. The van der Waals surface area contributed by atoms with Crippen LogP contribution in [0, 0.1) is 6.92 Å². The van der Waals surface area contributed by atoms with Gasteiger partial charge in [-0.3, -0.25) is 0 Å². The molecule has 3 rings (SSSR count). The van der Waals surface area contributed by atoms with Gasteiger partial charge in [0, 0.05) is 21.6 Å². The molecule has 0 aliphatic carbocycles. The molecule has 90 valence electrons. The van der Waals surface area contributed by atoms with Crippen molar-refractivity contribution in [1.82, 2.24) is 4.98 Å². The molecule has 0 saturated heterocycles. The Kier molecular flexibility index (Phi) is 2.96. The number of rotatable bonds is 2. The lowest BCUT2D eigenvalue weighted by molar-refractivity contribution is 1.20. The summed E-state index contributed by atoms with van der Waals surface area (Å²) in [6, 6.07) is 14.9. The zero-order valence-corrected chi connectivity index (χ0v) is 11.8. The fraction of sp³-hybridized carbons (Fsp3) is 0.125. The molecule has 3 aromatic rings. The summed E-state index contributed by atoms with van der Waals surface area (Å²) in [7, 11) is 0. The molecule has 2 aromatic carbocycles. The van der Waals surface area contributed by atoms with Gasteiger partial charge in [0.15, 0.2) is 0 Å². The number of aromatic amines is 1. The number of hydrogen-bond acceptors (Lipinski definition) is 0. The summed E-state index contributed by atoms with van der Waals surface area (Å²) in [5.41, 5.74) is 5.26. The first-order chi connectivity index (χ1) is 8.74. The molecule has 0 fully saturated rings. The molecule has 0 saturated carbocycles. The van der Waals surface area contributed by atoms with Crippen LogP contribution >= 0.6 is 15.9 Å². The van der Waals surface area contributed by atoms with E-state index in [0.29, 0.717) is 0 Å². The minimum Gasteiger partial charge on any atom is -0.361 e. The maximum atomic E-state index is 3.47. The fourth-order valence-electron chi connectivity index (χ4n) is 2.41. The first-order valence-electron chi connectivity index (χ1n) is 6.04. The zero-order valence-electron chi connectivity index (χ0n) is 10.2. The summed E-state index contributed by atoms with van der Waals surface area (Å²) in [4.78, 5) is 3.35. The third-order valence-electron chi connectivity index (χ3n) is 3.30. The van der Waals surface area contributed by atoms with E-state index in [1.807, 2.05) is 0 Å². The van der Waals surface area contributed by atoms with Crippen LogP contribution in [0.1, 0.15) is 16.7 Å². The molecule has 1 nitrogen and oxygen atoms in total. The van der Waals surface area contributed by atoms with Crippen LogP contribution in [0.15, 0.2) is 53.1 Å². The van der Waals surface area contributed by atoms with Gasteiger partial charge in [0.2, 0.25) is 0 Å². The van der Waals surface area contributed by atoms with E-state index in [-0.39, 0.29) is 0 Å². The van der Waals surface area contributed by atoms with Gasteiger partial charge in [0.05, 0.1) is 0 Å². The standard InChI is InChI=1S/C16H14BrN/c1-11-3-2-4-15-16(11)13(10-18-15)9-12-5-7-14(17)8-6-12/h2-8,10,18H,9H2,1H3. The topological polar surface area (TPSA) is 15.8 Å². The van der Waals surface area contributed by atoms with E-state index in [0.717, 1.165) is 10.9 Å². The first-order valence-corrected chi connectivity index (χ1v) is 6.83. The third-order valence-corrected chi connectivity index (χ3v) is 3.83. The monoisotopic (exact) mass is 299 g/mol. The second-order valence-electron chi connectivity index (χ2n) is 4.61. The second kappa shape index (κ2) is 4.62. The minimum atomic E-state index is 0.970. The highest BCUT2D eigenvalue weighted by Gasteiger charge is 2.06. The lowest BCUT2D eigenvalue weighted by atomic mass is 10.0. The smallest absolute Gasteiger partial charge is 0.0459 e. The number of halogens is 1. The molecule has 0 bridgehead atoms. The normalized spacial score (nSPS) is 11.0. The van der Waals surface area contributed by atoms with Crippen LogP contribution in [-0.4, -0.2) is 4.98 Å². The van der Waals surface area contributed by atoms with Gasteiger partial charge in [-0.2, -0.15) is 0 Å². The summed E-state index contributed by atoms with van der Waals surface area (Å²) < 4.78 is 1.13. The van der Waals surface area contributed by atoms with Crippen molar-refractivity contribution in [2.24, 2.45) is 0 Å². The minimum absolute atomic E-state index is 0.970. The third kappa shape index (κ3) is 2.08. The second-order valence-corrected chi connectivity index (χ2v) is 5.53. The van der Waals surface area contributed by atoms with Crippen molar-refractivity contribution in [3.63, 3.8) is 0 Å². The number of benzene rings is 2. The van der Waals surface area contributed by atoms with Gasteiger partial charge in [0.1, 0.15) is 0 Å². The van der Waals surface area contributed by atoms with E-state index in [9.17, 15) is 0 Å². The lowest BCUT2D eigenvalue weighted by Crippen LogP contribution is -1.87. The molecule has 0 spiro atoms. The predicted molar refractivity (Wildman–Crippen MR) is 80.0 cm³/mol. The van der Waals surface area contributed by atoms with E-state index < -0.39 is 0 Å². The largest absolute Gasteiger partial charge is 0.361 e. The number of fused-ring (bicyclic) bond motifs is 1. The number of nitrogens with one attached hydrogen (secondary N) is 1. The van der Waals surface area contributed by atoms with E-state index >= 15 is 0 Å². The Labute approximate surface area is 115 Å². The van der Waals surface area contributed by atoms with E-state index in [1.54, 1.807) is 0 Å². The van der Waals surface area contributed by atoms with Crippen LogP contribution in [0.25, 0.3) is 10.9 Å². The highest BCUT2D eigenvalue weighted by molar-refractivity contribution is 9.10. The molecule has 0 aliphatic heterocycles. The van der Waals surface area contributed by atoms with Gasteiger partial charge in [-0.25, -0.2) is 0 Å². The summed E-state index contributed by atoms with van der Waals surface area (Å²) in [6.45, 7) is 2.17. The van der Waals surface area contributed by atoms with E-state index in [1.165, 1.54) is 27.6 Å². The highest BCUT2D eigenvalue weighted by Crippen LogP contribution is 2.24. The van der Waals surface area contributed by atoms with Crippen molar-refractivity contribution in [2.75, 3.05) is 0 Å². The Hall–Kier alpha value is -1.54. The van der Waals surface area contributed by atoms with Crippen molar-refractivity contribution in [3.8, 4) is 0 Å². The van der Waals surface area contributed by atoms with Crippen molar-refractivity contribution in [2.45, 2.75) is 13.3 Å². The maximum Gasteiger partial charge on any atom is 0.0459 e. The van der Waals surface area contributed by atoms with Gasteiger partial charge >= 0.3 is 0 Å². The Bertz CT molecular complexity index is 680. The Morgan fingerprint density at radius 2 is 1.83 bits per heavy atom. The van der Waals surface area contributed by atoms with Gasteiger partial charge in [-0.15, -0.1) is 0 Å². The molecule has 0 radical (unpaired) electrons. The SMILES string of the molecule is Cc1cccc2[nH]cc(Cc3ccc(Br)cc3)c12. The van der Waals surface area contributed by atoms with E-state index in [4.69, 9.17) is 0 Å². The average Bonchev–Trinajstić information content (AvgIpc) is 2.77. The van der Waals surface area contributed by atoms with Crippen molar-refractivity contribution >= 4 is 26.8 Å². The quantitative estimate of drug-likeness (QED) is 0.697. The summed E-state index contributed by atoms with van der Waals surface area (Å²) >= 11 is 3.47. The van der Waals surface area contributed by atoms with E-state index in [2.05, 4.69) is 76.5 Å². The van der Waals surface area contributed by atoms with Crippen LogP contribution in [-0.2, 0) is 6.42 Å². The summed E-state index contributed by atoms with van der Waals surface area (Å²) in [6.07, 6.45) is 3.10. The molecule has 0 aliphatic rings. The molecule has 0 atom stereocenters. The first kappa shape index (κ1) is 11.5. The van der Waals surface area contributed by atoms with Crippen LogP contribution in [0.3, 0.4) is 0 Å². The molecular formula is C16H14BrN. The van der Waals surface area contributed by atoms with Crippen LogP contribution in [0.2, 0.25) is 0 Å². The maximum absolute atomic E-state index is 3.47. The number of aryl methyl sites for hydroxylation is 1.